The average molecular weight is 1820 g/mol. The first-order valence-corrected chi connectivity index (χ1v) is 42.0. The van der Waals surface area contributed by atoms with E-state index in [2.05, 4.69) is 88.9 Å². The zero-order valence-corrected chi connectivity index (χ0v) is 77.8. The first-order valence-electron chi connectivity index (χ1n) is 39.7. The van der Waals surface area contributed by atoms with Gasteiger partial charge in [-0.2, -0.15) is 10.2 Å². The number of amides is 3. The van der Waals surface area contributed by atoms with Crippen molar-refractivity contribution in [3.05, 3.63) is 327 Å². The SMILES string of the molecule is Brc1ccccc1.C1CCOC1.CC(C)(C)[O-].CN(C)CCCn1nc(C2=C(c3cn(-c4ccccc4)c4ccc(Cl)cc34)C(=O)NC2=O)c2ccccc21.CN(C)CCCn1nc(CC(N)=O)c2ccccc21.COC(=O)C(=O)c1cn(-c2ccccc2)c2ccc(Cl)cc12.Clc1ccc2[nH]ccc2c1.Clc1ccc2c(ccn2-c2ccccc2)c1.[K+]. The minimum Gasteiger partial charge on any atom is -0.850 e. The van der Waals surface area contributed by atoms with Crippen molar-refractivity contribution in [2.24, 2.45) is 5.73 Å². The summed E-state index contributed by atoms with van der Waals surface area (Å²) in [4.78, 5) is 68.9. The number of nitrogens with zero attached hydrogens (tertiary/aromatic N) is 9. The van der Waals surface area contributed by atoms with E-state index in [1.165, 1.54) is 31.2 Å². The number of aryl methyl sites for hydroxylation is 2. The quantitative estimate of drug-likeness (QED) is 0.0254. The summed E-state index contributed by atoms with van der Waals surface area (Å²) in [7, 11) is 9.37. The van der Waals surface area contributed by atoms with Crippen molar-refractivity contribution < 1.29 is 89.9 Å². The summed E-state index contributed by atoms with van der Waals surface area (Å²) >= 11 is 27.5. The van der Waals surface area contributed by atoms with Gasteiger partial charge in [0.15, 0.2) is 0 Å². The van der Waals surface area contributed by atoms with Crippen LogP contribution in [0.3, 0.4) is 0 Å². The number of ketones is 1. The van der Waals surface area contributed by atoms with Crippen LogP contribution >= 0.6 is 62.3 Å². The molecule has 2 aliphatic heterocycles. The molecule has 123 heavy (non-hydrogen) atoms. The smallest absolute Gasteiger partial charge is 0.850 e. The van der Waals surface area contributed by atoms with E-state index in [0.717, 1.165) is 132 Å². The van der Waals surface area contributed by atoms with Crippen molar-refractivity contribution in [3.8, 4) is 17.1 Å². The summed E-state index contributed by atoms with van der Waals surface area (Å²) in [5.41, 5.74) is 16.3. The molecule has 1 saturated heterocycles. The zero-order valence-electron chi connectivity index (χ0n) is 70.1. The number of Topliss-reactive ketones (excluding diaryl/α,β-unsaturated/α-hetero) is 1. The van der Waals surface area contributed by atoms with Crippen LogP contribution in [0.2, 0.25) is 20.1 Å². The third-order valence-electron chi connectivity index (χ3n) is 19.1. The number of aromatic amines is 1. The maximum atomic E-state index is 13.4. The molecule has 0 bridgehead atoms. The zero-order chi connectivity index (χ0) is 87.0. The number of H-pyrrole nitrogens is 1. The Morgan fingerprint density at radius 2 is 0.984 bits per heavy atom. The number of imide groups is 1. The van der Waals surface area contributed by atoms with E-state index >= 15 is 0 Å². The topological polar surface area (TPSA) is 238 Å². The van der Waals surface area contributed by atoms with Crippen molar-refractivity contribution >= 4 is 168 Å². The number of hydrogen-bond donors (Lipinski definition) is 3. The molecular weight excluding hydrogens is 1720 g/mol. The normalized spacial score (nSPS) is 12.2. The number of esters is 1. The van der Waals surface area contributed by atoms with Gasteiger partial charge in [-0.3, -0.25) is 33.9 Å². The number of halogens is 5. The second-order valence-electron chi connectivity index (χ2n) is 30.1. The second kappa shape index (κ2) is 46.0. The molecule has 26 heteroatoms. The monoisotopic (exact) mass is 1810 g/mol. The van der Waals surface area contributed by atoms with Gasteiger partial charge in [-0.05, 0) is 213 Å². The molecule has 0 aliphatic carbocycles. The summed E-state index contributed by atoms with van der Waals surface area (Å²) in [6, 6.07) is 82.1. The fourth-order valence-corrected chi connectivity index (χ4v) is 14.6. The molecule has 20 nitrogen and oxygen atoms in total. The van der Waals surface area contributed by atoms with E-state index in [4.69, 9.17) is 62.0 Å². The van der Waals surface area contributed by atoms with Crippen LogP contribution < -0.4 is 67.5 Å². The molecule has 8 heterocycles. The summed E-state index contributed by atoms with van der Waals surface area (Å²) in [6.45, 7) is 10.4. The molecule has 4 N–H and O–H groups in total. The maximum absolute atomic E-state index is 13.4. The molecule has 1 fully saturated rings. The van der Waals surface area contributed by atoms with Crippen LogP contribution in [0.25, 0.3) is 93.6 Å². The molecule has 0 saturated carbocycles. The molecule has 0 atom stereocenters. The number of fused-ring (bicyclic) bond motifs is 6. The Hall–Kier alpha value is -10.1. The van der Waals surface area contributed by atoms with Crippen LogP contribution in [0.15, 0.2) is 284 Å². The first-order chi connectivity index (χ1) is 58.7. The fourth-order valence-electron chi connectivity index (χ4n) is 13.6. The Morgan fingerprint density at radius 3 is 1.50 bits per heavy atom. The van der Waals surface area contributed by atoms with E-state index in [1.807, 2.05) is 269 Å². The number of rotatable bonds is 17. The number of aromatic nitrogens is 8. The molecule has 0 spiro atoms. The second-order valence-corrected chi connectivity index (χ2v) is 32.7. The molecule has 10 aromatic carbocycles. The molecule has 0 unspecified atom stereocenters. The van der Waals surface area contributed by atoms with Crippen LogP contribution in [0.4, 0.5) is 0 Å². The largest absolute Gasteiger partial charge is 1.00 e. The summed E-state index contributed by atoms with van der Waals surface area (Å²) in [5.74, 6) is -2.82. The summed E-state index contributed by atoms with van der Waals surface area (Å²) < 4.78 is 20.5. The molecule has 2 aliphatic rings. The number of carbonyl (C=O) groups is 5. The van der Waals surface area contributed by atoms with Gasteiger partial charge in [0.2, 0.25) is 5.91 Å². The number of methoxy groups -OCH3 is 1. The van der Waals surface area contributed by atoms with Crippen molar-refractivity contribution in [1.29, 1.82) is 0 Å². The van der Waals surface area contributed by atoms with Gasteiger partial charge in [0, 0.05) is 136 Å². The Kier molecular flexibility index (Phi) is 35.6. The molecule has 0 radical (unpaired) electrons. The van der Waals surface area contributed by atoms with Gasteiger partial charge < -0.3 is 48.8 Å². The Labute approximate surface area is 786 Å². The Bertz CT molecular complexity index is 6260. The molecular formula is C97H96BrCl4KN12O8. The number of ether oxygens (including phenoxy) is 2. The van der Waals surface area contributed by atoms with Gasteiger partial charge in [-0.15, -0.1) is 5.60 Å². The summed E-state index contributed by atoms with van der Waals surface area (Å²) in [6.07, 6.45) is 12.2. The third-order valence-corrected chi connectivity index (χ3v) is 20.6. The third kappa shape index (κ3) is 26.5. The fraction of sp³-hybridized carbons (Fsp3) is 0.206. The number of para-hydroxylation sites is 5. The number of carbonyl (C=O) groups excluding carboxylic acids is 5. The van der Waals surface area contributed by atoms with Gasteiger partial charge in [-0.1, -0.05) is 192 Å². The van der Waals surface area contributed by atoms with E-state index < -0.39 is 29.2 Å². The van der Waals surface area contributed by atoms with Crippen molar-refractivity contribution in [3.63, 3.8) is 0 Å². The number of nitrogens with one attached hydrogen (secondary N) is 2. The average Bonchev–Trinajstić information content (AvgIpc) is 1.58. The molecule has 628 valence electrons. The van der Waals surface area contributed by atoms with Crippen LogP contribution in [0.1, 0.15) is 73.8 Å². The number of hydrogen-bond acceptors (Lipinski definition) is 12. The van der Waals surface area contributed by atoms with Crippen molar-refractivity contribution in [2.45, 2.75) is 71.6 Å². The standard InChI is InChI=1S/C30H26ClN5O2.C17H12ClNO3.C14H10ClN.C14H20N4O.C8H6ClN.C6H5Br.C4H8O.C4H9O.K/c1-34(2)15-8-16-36-25-12-7-6-11-21(25)28(33-36)27-26(29(37)32-30(27)38)23-18-35(20-9-4-3-5-10-20)24-14-13-19(31)17-22(23)24;1-22-17(21)16(20)14-10-19(12-5-3-2-4-6-12)15-8-7-11(18)9-13(14)15;15-12-6-7-14-11(10-12)8-9-16(14)13-4-2-1-3-5-13;1-17(2)8-5-9-18-13-7-4-3-6-11(13)12(16-18)10-14(15)19;9-7-1-2-8-6(5-7)3-4-10-8;7-6-4-2-1-3-5-6;1-2-4-5-3-1;1-4(2,3)5;/h3-7,9-14,17-18H,8,15-16H2,1-2H3,(H,32,37,38);2-10H,1H3;1-10H;3-4,6-7H,5,8-10H2,1-2H3,(H2,15,19);1-5,10H;1-5H;1-4H2;1-3H3;/q;;;;;;;-1;+1. The minimum absolute atomic E-state index is 0. The Balaban J connectivity index is 0.000000161. The first kappa shape index (κ1) is 95.1. The van der Waals surface area contributed by atoms with Crippen LogP contribution in [-0.2, 0) is 48.2 Å². The predicted octanol–water partition coefficient (Wildman–Crippen LogP) is 17.3. The van der Waals surface area contributed by atoms with Gasteiger partial charge in [0.1, 0.15) is 5.69 Å². The van der Waals surface area contributed by atoms with Crippen LogP contribution in [-0.4, -0.2) is 145 Å². The minimum atomic E-state index is -0.896. The molecule has 6 aromatic heterocycles. The van der Waals surface area contributed by atoms with E-state index in [-0.39, 0.29) is 74.8 Å². The van der Waals surface area contributed by atoms with Crippen LogP contribution in [0, 0.1) is 0 Å². The molecule has 3 amide bonds. The van der Waals surface area contributed by atoms with E-state index in [0.29, 0.717) is 38.8 Å². The van der Waals surface area contributed by atoms with Gasteiger partial charge in [-0.25, -0.2) is 4.79 Å². The van der Waals surface area contributed by atoms with Crippen molar-refractivity contribution in [1.82, 2.24) is 53.4 Å². The number of nitrogens with two attached hydrogens (primary N) is 1. The maximum Gasteiger partial charge on any atom is 1.00 e. The predicted molar refractivity (Wildman–Crippen MR) is 497 cm³/mol. The summed E-state index contributed by atoms with van der Waals surface area (Å²) in [5, 5.41) is 30.2. The molecule has 18 rings (SSSR count). The number of benzene rings is 10. The van der Waals surface area contributed by atoms with E-state index in [9.17, 15) is 29.1 Å². The number of primary amides is 1. The van der Waals surface area contributed by atoms with Crippen LogP contribution in [0.5, 0.6) is 0 Å². The van der Waals surface area contributed by atoms with E-state index in [1.54, 1.807) is 39.1 Å². The van der Waals surface area contributed by atoms with Gasteiger partial charge in [0.05, 0.1) is 63.5 Å². The van der Waals surface area contributed by atoms with Gasteiger partial charge in [0.25, 0.3) is 17.6 Å². The van der Waals surface area contributed by atoms with Gasteiger partial charge >= 0.3 is 57.4 Å². The Morgan fingerprint density at radius 1 is 0.528 bits per heavy atom. The molecule has 16 aromatic rings. The van der Waals surface area contributed by atoms with Crippen molar-refractivity contribution in [2.75, 3.05) is 61.6 Å².